The molecule has 19 heavy (non-hydrogen) atoms. The third-order valence-electron chi connectivity index (χ3n) is 3.06. The molecule has 0 spiro atoms. The van der Waals surface area contributed by atoms with Gasteiger partial charge < -0.3 is 10.2 Å². The second-order valence-corrected chi connectivity index (χ2v) is 6.54. The molecule has 1 atom stereocenters. The summed E-state index contributed by atoms with van der Waals surface area (Å²) in [5.74, 6) is 0.691. The summed E-state index contributed by atoms with van der Waals surface area (Å²) in [6.45, 7) is 5.59. The zero-order valence-electron chi connectivity index (χ0n) is 12.2. The third-order valence-corrected chi connectivity index (χ3v) is 3.87. The summed E-state index contributed by atoms with van der Waals surface area (Å²) in [7, 11) is 4.25. The van der Waals surface area contributed by atoms with E-state index in [1.165, 1.54) is 16.8 Å². The highest BCUT2D eigenvalue weighted by atomic mass is 32.1. The monoisotopic (exact) mass is 277 g/mol. The molecule has 4 heteroatoms. The van der Waals surface area contributed by atoms with Gasteiger partial charge in [-0.15, -0.1) is 0 Å². The molecular formula is C15H23N3S. The van der Waals surface area contributed by atoms with Gasteiger partial charge in [-0.25, -0.2) is 0 Å². The molecule has 1 unspecified atom stereocenters. The number of rotatable bonds is 6. The quantitative estimate of drug-likeness (QED) is 0.873. The van der Waals surface area contributed by atoms with E-state index in [1.807, 2.05) is 6.07 Å². The molecule has 0 aliphatic carbocycles. The Bertz CT molecular complexity index is 509. The van der Waals surface area contributed by atoms with Crippen LogP contribution in [0.1, 0.15) is 20.3 Å². The molecule has 0 aliphatic heterocycles. The van der Waals surface area contributed by atoms with Crippen LogP contribution in [0, 0.1) is 5.92 Å². The van der Waals surface area contributed by atoms with Gasteiger partial charge >= 0.3 is 0 Å². The number of hydrogen-bond donors (Lipinski definition) is 1. The van der Waals surface area contributed by atoms with Crippen LogP contribution in [0.2, 0.25) is 0 Å². The first kappa shape index (κ1) is 14.3. The van der Waals surface area contributed by atoms with E-state index in [0.717, 1.165) is 12.1 Å². The molecule has 104 valence electrons. The third kappa shape index (κ3) is 3.91. The fourth-order valence-electron chi connectivity index (χ4n) is 2.37. The molecular weight excluding hydrogens is 254 g/mol. The number of nitrogens with one attached hydrogen (secondary N) is 1. The van der Waals surface area contributed by atoms with Crippen molar-refractivity contribution < 1.29 is 0 Å². The van der Waals surface area contributed by atoms with Crippen molar-refractivity contribution in [2.75, 3.05) is 26.0 Å². The smallest absolute Gasteiger partial charge is 0.117 e. The minimum atomic E-state index is 0.471. The predicted molar refractivity (Wildman–Crippen MR) is 85.0 cm³/mol. The van der Waals surface area contributed by atoms with Crippen LogP contribution >= 0.6 is 11.5 Å². The highest BCUT2D eigenvalue weighted by molar-refractivity contribution is 7.11. The number of benzene rings is 1. The lowest BCUT2D eigenvalue weighted by Crippen LogP contribution is -2.33. The molecule has 0 radical (unpaired) electrons. The molecule has 0 fully saturated rings. The maximum atomic E-state index is 4.50. The Morgan fingerprint density at radius 1 is 1.26 bits per heavy atom. The number of hydrogen-bond acceptors (Lipinski definition) is 4. The Morgan fingerprint density at radius 3 is 2.68 bits per heavy atom. The van der Waals surface area contributed by atoms with Crippen LogP contribution in [0.4, 0.5) is 5.00 Å². The van der Waals surface area contributed by atoms with Gasteiger partial charge in [0.05, 0.1) is 5.52 Å². The largest absolute Gasteiger partial charge is 0.371 e. The van der Waals surface area contributed by atoms with Gasteiger partial charge in [-0.3, -0.25) is 0 Å². The molecule has 2 rings (SSSR count). The molecule has 1 heterocycles. The minimum absolute atomic E-state index is 0.471. The van der Waals surface area contributed by atoms with Crippen molar-refractivity contribution in [1.29, 1.82) is 0 Å². The van der Waals surface area contributed by atoms with Gasteiger partial charge in [0.2, 0.25) is 0 Å². The Balaban J connectivity index is 2.15. The van der Waals surface area contributed by atoms with Crippen molar-refractivity contribution in [2.24, 2.45) is 5.92 Å². The number of fused-ring (bicyclic) bond motifs is 1. The van der Waals surface area contributed by atoms with Crippen LogP contribution in [-0.2, 0) is 0 Å². The van der Waals surface area contributed by atoms with Gasteiger partial charge in [0.25, 0.3) is 0 Å². The summed E-state index contributed by atoms with van der Waals surface area (Å²) in [6.07, 6.45) is 1.17. The van der Waals surface area contributed by atoms with E-state index in [1.54, 1.807) is 11.5 Å². The van der Waals surface area contributed by atoms with Gasteiger partial charge in [0.15, 0.2) is 0 Å². The number of aromatic nitrogens is 1. The topological polar surface area (TPSA) is 28.2 Å². The molecule has 3 nitrogen and oxygen atoms in total. The van der Waals surface area contributed by atoms with E-state index in [0.29, 0.717) is 12.0 Å². The van der Waals surface area contributed by atoms with Crippen LogP contribution < -0.4 is 5.32 Å². The van der Waals surface area contributed by atoms with E-state index in [4.69, 9.17) is 0 Å². The molecule has 1 aromatic carbocycles. The lowest BCUT2D eigenvalue weighted by Gasteiger charge is -2.24. The lowest BCUT2D eigenvalue weighted by atomic mass is 10.0. The summed E-state index contributed by atoms with van der Waals surface area (Å²) in [5, 5.41) is 6.11. The van der Waals surface area contributed by atoms with Crippen molar-refractivity contribution in [1.82, 2.24) is 9.27 Å². The van der Waals surface area contributed by atoms with Crippen molar-refractivity contribution in [2.45, 2.75) is 26.3 Å². The fourth-order valence-corrected chi connectivity index (χ4v) is 3.21. The Kier molecular flexibility index (Phi) is 4.77. The predicted octanol–water partition coefficient (Wildman–Crippen LogP) is 3.68. The van der Waals surface area contributed by atoms with Crippen LogP contribution in [-0.4, -0.2) is 36.0 Å². The highest BCUT2D eigenvalue weighted by Gasteiger charge is 2.14. The van der Waals surface area contributed by atoms with Crippen LogP contribution in [0.15, 0.2) is 24.3 Å². The van der Waals surface area contributed by atoms with E-state index in [9.17, 15) is 0 Å². The van der Waals surface area contributed by atoms with Crippen molar-refractivity contribution >= 4 is 27.4 Å². The summed E-state index contributed by atoms with van der Waals surface area (Å²) in [5.41, 5.74) is 1.09. The summed E-state index contributed by atoms with van der Waals surface area (Å²) < 4.78 is 4.50. The fraction of sp³-hybridized carbons (Fsp3) is 0.533. The Labute approximate surface area is 119 Å². The Hall–Kier alpha value is -1.13. The minimum Gasteiger partial charge on any atom is -0.371 e. The summed E-state index contributed by atoms with van der Waals surface area (Å²) >= 11 is 1.57. The molecule has 2 aromatic rings. The van der Waals surface area contributed by atoms with Crippen molar-refractivity contribution in [3.05, 3.63) is 24.3 Å². The van der Waals surface area contributed by atoms with E-state index >= 15 is 0 Å². The molecule has 0 saturated heterocycles. The first-order valence-electron chi connectivity index (χ1n) is 6.82. The van der Waals surface area contributed by atoms with Crippen LogP contribution in [0.25, 0.3) is 10.9 Å². The lowest BCUT2D eigenvalue weighted by molar-refractivity contribution is 0.357. The first-order valence-corrected chi connectivity index (χ1v) is 7.59. The van der Waals surface area contributed by atoms with Gasteiger partial charge in [0, 0.05) is 18.0 Å². The van der Waals surface area contributed by atoms with Gasteiger partial charge in [0.1, 0.15) is 5.00 Å². The van der Waals surface area contributed by atoms with Crippen LogP contribution in [0.3, 0.4) is 0 Å². The van der Waals surface area contributed by atoms with Gasteiger partial charge in [-0.05, 0) is 50.1 Å². The maximum Gasteiger partial charge on any atom is 0.117 e. The van der Waals surface area contributed by atoms with Gasteiger partial charge in [-0.2, -0.15) is 4.37 Å². The van der Waals surface area contributed by atoms with Gasteiger partial charge in [-0.1, -0.05) is 26.0 Å². The van der Waals surface area contributed by atoms with Crippen molar-refractivity contribution in [3.63, 3.8) is 0 Å². The number of anilines is 1. The highest BCUT2D eigenvalue weighted by Crippen LogP contribution is 2.28. The van der Waals surface area contributed by atoms with E-state index in [2.05, 4.69) is 60.7 Å². The standard InChI is InChI=1S/C15H23N3S/c1-11(2)9-12(10-18(3)4)16-15-13-7-5-6-8-14(13)17-19-15/h5-8,11-12,16H,9-10H2,1-4H3. The average Bonchev–Trinajstić information content (AvgIpc) is 2.71. The summed E-state index contributed by atoms with van der Waals surface area (Å²) in [4.78, 5) is 2.24. The molecule has 0 amide bonds. The first-order chi connectivity index (χ1) is 9.06. The SMILES string of the molecule is CC(C)CC(CN(C)C)Nc1snc2ccccc12. The zero-order chi connectivity index (χ0) is 13.8. The van der Waals surface area contributed by atoms with E-state index < -0.39 is 0 Å². The maximum absolute atomic E-state index is 4.50. The normalized spacial score (nSPS) is 13.4. The number of likely N-dealkylation sites (N-methyl/N-ethyl adjacent to an activating group) is 1. The number of nitrogens with zero attached hydrogens (tertiary/aromatic N) is 2. The molecule has 1 N–H and O–H groups in total. The second kappa shape index (κ2) is 6.35. The zero-order valence-corrected chi connectivity index (χ0v) is 13.0. The van der Waals surface area contributed by atoms with Crippen molar-refractivity contribution in [3.8, 4) is 0 Å². The molecule has 0 saturated carbocycles. The van der Waals surface area contributed by atoms with E-state index in [-0.39, 0.29) is 0 Å². The second-order valence-electron chi connectivity index (χ2n) is 5.76. The summed E-state index contributed by atoms with van der Waals surface area (Å²) in [6, 6.07) is 8.80. The molecule has 0 aliphatic rings. The van der Waals surface area contributed by atoms with Crippen LogP contribution in [0.5, 0.6) is 0 Å². The molecule has 1 aromatic heterocycles. The average molecular weight is 277 g/mol. The Morgan fingerprint density at radius 2 is 2.00 bits per heavy atom. The molecule has 0 bridgehead atoms.